The topological polar surface area (TPSA) is 29.3 Å². The molecule has 2 rings (SSSR count). The molecule has 0 radical (unpaired) electrons. The number of nitrogens with zero attached hydrogens (tertiary/aromatic N) is 1. The molecule has 1 aromatic carbocycles. The summed E-state index contributed by atoms with van der Waals surface area (Å²) in [5, 5.41) is 0. The summed E-state index contributed by atoms with van der Waals surface area (Å²) in [4.78, 5) is 2.62. The molecule has 1 unspecified atom stereocenters. The van der Waals surface area contributed by atoms with Crippen LogP contribution in [0.4, 0.5) is 0 Å². The maximum Gasteiger partial charge on any atom is 0.0555 e. The van der Waals surface area contributed by atoms with Crippen molar-refractivity contribution in [1.82, 2.24) is 4.90 Å². The van der Waals surface area contributed by atoms with Crippen LogP contribution in [-0.2, 0) is 6.54 Å². The lowest BCUT2D eigenvalue weighted by atomic mass is 9.98. The Balaban J connectivity index is 2.13. The van der Waals surface area contributed by atoms with E-state index in [1.165, 1.54) is 37.8 Å². The SMILES string of the molecule is CCC1CCCCN1Cc1ccccc1C#CCN. The van der Waals surface area contributed by atoms with Crippen molar-refractivity contribution in [3.8, 4) is 11.8 Å². The zero-order valence-corrected chi connectivity index (χ0v) is 11.9. The fourth-order valence-corrected chi connectivity index (χ4v) is 2.88. The third-order valence-corrected chi connectivity index (χ3v) is 3.94. The van der Waals surface area contributed by atoms with Gasteiger partial charge in [-0.1, -0.05) is 43.4 Å². The molecule has 2 N–H and O–H groups in total. The normalized spacial score (nSPS) is 19.8. The van der Waals surface area contributed by atoms with Gasteiger partial charge in [0, 0.05) is 18.2 Å². The Hall–Kier alpha value is -1.30. The van der Waals surface area contributed by atoms with Crippen LogP contribution in [-0.4, -0.2) is 24.0 Å². The standard InChI is InChI=1S/C17H24N2/c1-2-17-11-5-6-13-19(17)14-16-9-4-3-8-15(16)10-7-12-18/h3-4,8-9,17H,2,5-6,11-14,18H2,1H3. The highest BCUT2D eigenvalue weighted by Crippen LogP contribution is 2.22. The molecule has 2 nitrogen and oxygen atoms in total. The van der Waals surface area contributed by atoms with E-state index in [9.17, 15) is 0 Å². The van der Waals surface area contributed by atoms with E-state index in [1.807, 2.05) is 0 Å². The van der Waals surface area contributed by atoms with Crippen molar-refractivity contribution in [2.75, 3.05) is 13.1 Å². The van der Waals surface area contributed by atoms with Crippen molar-refractivity contribution in [2.24, 2.45) is 5.73 Å². The molecule has 0 bridgehead atoms. The van der Waals surface area contributed by atoms with E-state index < -0.39 is 0 Å². The number of piperidine rings is 1. The molecule has 0 aliphatic carbocycles. The van der Waals surface area contributed by atoms with Crippen molar-refractivity contribution in [2.45, 2.75) is 45.2 Å². The molecule has 1 fully saturated rings. The van der Waals surface area contributed by atoms with E-state index >= 15 is 0 Å². The molecule has 0 spiro atoms. The van der Waals surface area contributed by atoms with E-state index in [2.05, 4.69) is 47.9 Å². The van der Waals surface area contributed by atoms with E-state index in [0.29, 0.717) is 6.54 Å². The number of benzene rings is 1. The van der Waals surface area contributed by atoms with Crippen LogP contribution in [0.3, 0.4) is 0 Å². The van der Waals surface area contributed by atoms with Gasteiger partial charge >= 0.3 is 0 Å². The second-order valence-corrected chi connectivity index (χ2v) is 5.19. The molecule has 1 saturated heterocycles. The molecule has 0 saturated carbocycles. The average Bonchev–Trinajstić information content (AvgIpc) is 2.47. The highest BCUT2D eigenvalue weighted by Gasteiger charge is 2.21. The van der Waals surface area contributed by atoms with Gasteiger partial charge < -0.3 is 5.73 Å². The largest absolute Gasteiger partial charge is 0.320 e. The quantitative estimate of drug-likeness (QED) is 0.843. The predicted molar refractivity (Wildman–Crippen MR) is 80.7 cm³/mol. The molecule has 1 atom stereocenters. The lowest BCUT2D eigenvalue weighted by molar-refractivity contribution is 0.136. The van der Waals surface area contributed by atoms with Crippen molar-refractivity contribution in [3.63, 3.8) is 0 Å². The van der Waals surface area contributed by atoms with Gasteiger partial charge in [-0.2, -0.15) is 0 Å². The minimum Gasteiger partial charge on any atom is -0.320 e. The van der Waals surface area contributed by atoms with Gasteiger partial charge in [-0.15, -0.1) is 0 Å². The van der Waals surface area contributed by atoms with Crippen LogP contribution in [0, 0.1) is 11.8 Å². The molecule has 1 aliphatic heterocycles. The van der Waals surface area contributed by atoms with Gasteiger partial charge in [0.05, 0.1) is 6.54 Å². The zero-order valence-electron chi connectivity index (χ0n) is 11.9. The van der Waals surface area contributed by atoms with Crippen LogP contribution in [0.1, 0.15) is 43.7 Å². The second kappa shape index (κ2) is 7.33. The summed E-state index contributed by atoms with van der Waals surface area (Å²) in [6.45, 7) is 4.96. The van der Waals surface area contributed by atoms with Crippen LogP contribution in [0.2, 0.25) is 0 Å². The second-order valence-electron chi connectivity index (χ2n) is 5.19. The number of nitrogens with two attached hydrogens (primary N) is 1. The molecular formula is C17H24N2. The minimum atomic E-state index is 0.426. The smallest absolute Gasteiger partial charge is 0.0555 e. The fourth-order valence-electron chi connectivity index (χ4n) is 2.88. The summed E-state index contributed by atoms with van der Waals surface area (Å²) in [6.07, 6.45) is 5.29. The summed E-state index contributed by atoms with van der Waals surface area (Å²) in [7, 11) is 0. The van der Waals surface area contributed by atoms with Crippen LogP contribution in [0.25, 0.3) is 0 Å². The first kappa shape index (κ1) is 14.1. The Morgan fingerprint density at radius 1 is 1.32 bits per heavy atom. The monoisotopic (exact) mass is 256 g/mol. The Bertz CT molecular complexity index is 456. The van der Waals surface area contributed by atoms with Crippen molar-refractivity contribution in [3.05, 3.63) is 35.4 Å². The summed E-state index contributed by atoms with van der Waals surface area (Å²) in [5.41, 5.74) is 7.94. The Labute approximate surface area is 117 Å². The van der Waals surface area contributed by atoms with Gasteiger partial charge in [-0.05, 0) is 37.4 Å². The zero-order chi connectivity index (χ0) is 13.5. The highest BCUT2D eigenvalue weighted by molar-refractivity contribution is 5.41. The van der Waals surface area contributed by atoms with E-state index in [1.54, 1.807) is 0 Å². The van der Waals surface area contributed by atoms with Gasteiger partial charge in [0.1, 0.15) is 0 Å². The number of hydrogen-bond acceptors (Lipinski definition) is 2. The molecule has 1 aliphatic rings. The Kier molecular flexibility index (Phi) is 5.44. The Morgan fingerprint density at radius 2 is 2.16 bits per heavy atom. The van der Waals surface area contributed by atoms with Crippen LogP contribution < -0.4 is 5.73 Å². The van der Waals surface area contributed by atoms with Crippen molar-refractivity contribution < 1.29 is 0 Å². The van der Waals surface area contributed by atoms with Crippen LogP contribution in [0.5, 0.6) is 0 Å². The molecule has 0 aromatic heterocycles. The van der Waals surface area contributed by atoms with Crippen molar-refractivity contribution >= 4 is 0 Å². The molecule has 2 heteroatoms. The third-order valence-electron chi connectivity index (χ3n) is 3.94. The highest BCUT2D eigenvalue weighted by atomic mass is 15.2. The van der Waals surface area contributed by atoms with Gasteiger partial charge in [-0.25, -0.2) is 0 Å². The summed E-state index contributed by atoms with van der Waals surface area (Å²) in [5.74, 6) is 6.16. The summed E-state index contributed by atoms with van der Waals surface area (Å²) in [6, 6.07) is 9.19. The average molecular weight is 256 g/mol. The molecule has 1 aromatic rings. The van der Waals surface area contributed by atoms with E-state index in [-0.39, 0.29) is 0 Å². The van der Waals surface area contributed by atoms with Gasteiger partial charge in [0.2, 0.25) is 0 Å². The molecular weight excluding hydrogens is 232 g/mol. The lowest BCUT2D eigenvalue weighted by Gasteiger charge is -2.35. The molecule has 19 heavy (non-hydrogen) atoms. The number of rotatable bonds is 3. The Morgan fingerprint density at radius 3 is 2.95 bits per heavy atom. The first-order chi connectivity index (χ1) is 9.35. The maximum atomic E-state index is 5.47. The molecule has 102 valence electrons. The first-order valence-electron chi connectivity index (χ1n) is 7.36. The van der Waals surface area contributed by atoms with Crippen molar-refractivity contribution in [1.29, 1.82) is 0 Å². The summed E-state index contributed by atoms with van der Waals surface area (Å²) >= 11 is 0. The number of hydrogen-bond donors (Lipinski definition) is 1. The third kappa shape index (κ3) is 3.83. The molecule has 1 heterocycles. The van der Waals surface area contributed by atoms with Crippen LogP contribution in [0.15, 0.2) is 24.3 Å². The lowest BCUT2D eigenvalue weighted by Crippen LogP contribution is -2.38. The van der Waals surface area contributed by atoms with Crippen LogP contribution >= 0.6 is 0 Å². The minimum absolute atomic E-state index is 0.426. The number of likely N-dealkylation sites (tertiary alicyclic amines) is 1. The summed E-state index contributed by atoms with van der Waals surface area (Å²) < 4.78 is 0. The fraction of sp³-hybridized carbons (Fsp3) is 0.529. The van der Waals surface area contributed by atoms with E-state index in [0.717, 1.165) is 18.2 Å². The van der Waals surface area contributed by atoms with Gasteiger partial charge in [-0.3, -0.25) is 4.90 Å². The van der Waals surface area contributed by atoms with Gasteiger partial charge in [0.15, 0.2) is 0 Å². The van der Waals surface area contributed by atoms with E-state index in [4.69, 9.17) is 5.73 Å². The molecule has 0 amide bonds. The first-order valence-corrected chi connectivity index (χ1v) is 7.36. The van der Waals surface area contributed by atoms with Gasteiger partial charge in [0.25, 0.3) is 0 Å². The predicted octanol–water partition coefficient (Wildman–Crippen LogP) is 2.76. The maximum absolute atomic E-state index is 5.47.